The number of nitrogens with one attached hydrogen (secondary N) is 1. The number of hydrogen-bond donors (Lipinski definition) is 1. The number of fused-ring (bicyclic) bond motifs is 1. The third kappa shape index (κ3) is 3.65. The molecule has 0 bridgehead atoms. The Morgan fingerprint density at radius 2 is 1.89 bits per heavy atom. The molecule has 0 saturated heterocycles. The summed E-state index contributed by atoms with van der Waals surface area (Å²) in [6, 6.07) is 22.1. The molecular weight excluding hydrogens is 334 g/mol. The molecule has 1 N–H and O–H groups in total. The molecule has 2 aromatic carbocycles. The Morgan fingerprint density at radius 1 is 1.11 bits per heavy atom. The van der Waals surface area contributed by atoms with Crippen LogP contribution in [-0.4, -0.2) is 14.8 Å². The highest BCUT2D eigenvalue weighted by atomic mass is 15.3. The predicted octanol–water partition coefficient (Wildman–Crippen LogP) is 4.52. The fourth-order valence-corrected chi connectivity index (χ4v) is 3.13. The summed E-state index contributed by atoms with van der Waals surface area (Å²) < 4.78 is 1.94. The first-order chi connectivity index (χ1) is 13.2. The summed E-state index contributed by atoms with van der Waals surface area (Å²) >= 11 is 0. The third-order valence-electron chi connectivity index (χ3n) is 4.54. The van der Waals surface area contributed by atoms with Crippen molar-refractivity contribution in [1.82, 2.24) is 14.8 Å². The van der Waals surface area contributed by atoms with Gasteiger partial charge in [0.25, 0.3) is 0 Å². The van der Waals surface area contributed by atoms with Crippen molar-refractivity contribution in [3.8, 4) is 6.07 Å². The summed E-state index contributed by atoms with van der Waals surface area (Å²) in [5.41, 5.74) is 4.42. The van der Waals surface area contributed by atoms with Crippen LogP contribution in [0, 0.1) is 11.3 Å². The van der Waals surface area contributed by atoms with E-state index < -0.39 is 0 Å². The second-order valence-electron chi connectivity index (χ2n) is 6.51. The van der Waals surface area contributed by atoms with Crippen molar-refractivity contribution >= 4 is 16.6 Å². The smallest absolute Gasteiger partial charge is 0.143 e. The number of anilines is 1. The highest BCUT2D eigenvalue weighted by molar-refractivity contribution is 5.91. The van der Waals surface area contributed by atoms with Crippen molar-refractivity contribution in [3.63, 3.8) is 0 Å². The van der Waals surface area contributed by atoms with E-state index in [1.54, 1.807) is 6.07 Å². The molecule has 27 heavy (non-hydrogen) atoms. The highest BCUT2D eigenvalue weighted by Crippen LogP contribution is 2.27. The van der Waals surface area contributed by atoms with Crippen molar-refractivity contribution in [2.45, 2.75) is 19.5 Å². The van der Waals surface area contributed by atoms with E-state index in [0.717, 1.165) is 28.7 Å². The fourth-order valence-electron chi connectivity index (χ4n) is 3.13. The van der Waals surface area contributed by atoms with Crippen LogP contribution in [0.2, 0.25) is 0 Å². The van der Waals surface area contributed by atoms with Crippen LogP contribution in [-0.2, 0) is 6.54 Å². The maximum atomic E-state index is 9.26. The molecule has 0 aliphatic heterocycles. The molecule has 0 spiro atoms. The fraction of sp³-hybridized carbons (Fsp3) is 0.136. The summed E-state index contributed by atoms with van der Waals surface area (Å²) in [6.07, 6.45) is 3.94. The van der Waals surface area contributed by atoms with E-state index in [0.29, 0.717) is 5.69 Å². The van der Waals surface area contributed by atoms with Gasteiger partial charge in [-0.2, -0.15) is 10.4 Å². The van der Waals surface area contributed by atoms with Gasteiger partial charge >= 0.3 is 0 Å². The van der Waals surface area contributed by atoms with Gasteiger partial charge in [0, 0.05) is 22.8 Å². The van der Waals surface area contributed by atoms with Gasteiger partial charge in [-0.3, -0.25) is 4.68 Å². The monoisotopic (exact) mass is 353 g/mol. The van der Waals surface area contributed by atoms with Gasteiger partial charge in [-0.1, -0.05) is 48.5 Å². The molecule has 0 aliphatic carbocycles. The summed E-state index contributed by atoms with van der Waals surface area (Å²) in [5.74, 6) is 0. The highest BCUT2D eigenvalue weighted by Gasteiger charge is 2.12. The van der Waals surface area contributed by atoms with Gasteiger partial charge in [0.15, 0.2) is 0 Å². The van der Waals surface area contributed by atoms with Gasteiger partial charge in [0.05, 0.1) is 24.3 Å². The quantitative estimate of drug-likeness (QED) is 0.573. The Kier molecular flexibility index (Phi) is 4.54. The Hall–Kier alpha value is -3.65. The number of aromatic nitrogens is 3. The Morgan fingerprint density at radius 3 is 2.70 bits per heavy atom. The number of hydrogen-bond acceptors (Lipinski definition) is 4. The van der Waals surface area contributed by atoms with Gasteiger partial charge in [-0.25, -0.2) is 4.98 Å². The maximum Gasteiger partial charge on any atom is 0.143 e. The number of pyridine rings is 1. The Labute approximate surface area is 157 Å². The van der Waals surface area contributed by atoms with Crippen LogP contribution in [0.4, 0.5) is 5.69 Å². The SMILES string of the molecule is CC(Nc1cc(C#N)nc2ccccc12)c1cnn(Cc2ccccc2)c1. The second kappa shape index (κ2) is 7.30. The summed E-state index contributed by atoms with van der Waals surface area (Å²) in [7, 11) is 0. The molecule has 0 fully saturated rings. The van der Waals surface area contributed by atoms with Gasteiger partial charge in [-0.05, 0) is 24.6 Å². The third-order valence-corrected chi connectivity index (χ3v) is 4.54. The molecule has 0 radical (unpaired) electrons. The van der Waals surface area contributed by atoms with Crippen LogP contribution in [0.25, 0.3) is 10.9 Å². The molecular formula is C22H19N5. The molecule has 2 heterocycles. The molecule has 132 valence electrons. The molecule has 5 heteroatoms. The normalized spacial score (nSPS) is 11.9. The minimum absolute atomic E-state index is 0.0480. The van der Waals surface area contributed by atoms with E-state index in [2.05, 4.69) is 46.7 Å². The number of para-hydroxylation sites is 1. The minimum atomic E-state index is 0.0480. The zero-order chi connectivity index (χ0) is 18.6. The van der Waals surface area contributed by atoms with Crippen molar-refractivity contribution in [2.24, 2.45) is 0 Å². The maximum absolute atomic E-state index is 9.26. The lowest BCUT2D eigenvalue weighted by molar-refractivity contribution is 0.685. The standard InChI is InChI=1S/C22H19N5/c1-16(18-13-24-27(15-18)14-17-7-3-2-4-8-17)25-22-11-19(12-23)26-21-10-6-5-9-20(21)22/h2-11,13,15-16H,14H2,1H3,(H,25,26). The van der Waals surface area contributed by atoms with Crippen LogP contribution in [0.3, 0.4) is 0 Å². The first kappa shape index (κ1) is 16.8. The van der Waals surface area contributed by atoms with Crippen LogP contribution in [0.5, 0.6) is 0 Å². The van der Waals surface area contributed by atoms with Gasteiger partial charge in [0.2, 0.25) is 0 Å². The van der Waals surface area contributed by atoms with Gasteiger partial charge in [-0.15, -0.1) is 0 Å². The van der Waals surface area contributed by atoms with E-state index in [4.69, 9.17) is 0 Å². The van der Waals surface area contributed by atoms with Gasteiger partial charge in [0.1, 0.15) is 11.8 Å². The zero-order valence-corrected chi connectivity index (χ0v) is 15.0. The lowest BCUT2D eigenvalue weighted by Crippen LogP contribution is -2.07. The average Bonchev–Trinajstić information content (AvgIpc) is 3.17. The Balaban J connectivity index is 1.57. The lowest BCUT2D eigenvalue weighted by atomic mass is 10.1. The molecule has 0 aliphatic rings. The number of rotatable bonds is 5. The van der Waals surface area contributed by atoms with E-state index in [1.165, 1.54) is 5.56 Å². The molecule has 0 saturated carbocycles. The van der Waals surface area contributed by atoms with Gasteiger partial charge < -0.3 is 5.32 Å². The largest absolute Gasteiger partial charge is 0.378 e. The second-order valence-corrected chi connectivity index (χ2v) is 6.51. The topological polar surface area (TPSA) is 66.5 Å². The van der Waals surface area contributed by atoms with E-state index in [-0.39, 0.29) is 6.04 Å². The minimum Gasteiger partial charge on any atom is -0.378 e. The van der Waals surface area contributed by atoms with Crippen LogP contribution in [0.1, 0.15) is 29.8 Å². The van der Waals surface area contributed by atoms with E-state index in [9.17, 15) is 5.26 Å². The van der Waals surface area contributed by atoms with Crippen molar-refractivity contribution in [3.05, 3.63) is 89.9 Å². The van der Waals surface area contributed by atoms with Crippen LogP contribution >= 0.6 is 0 Å². The van der Waals surface area contributed by atoms with Crippen LogP contribution < -0.4 is 5.32 Å². The lowest BCUT2D eigenvalue weighted by Gasteiger charge is -2.16. The first-order valence-electron chi connectivity index (χ1n) is 8.85. The molecule has 0 amide bonds. The first-order valence-corrected chi connectivity index (χ1v) is 8.85. The van der Waals surface area contributed by atoms with Crippen LogP contribution in [0.15, 0.2) is 73.1 Å². The number of nitriles is 1. The summed E-state index contributed by atoms with van der Waals surface area (Å²) in [5, 5.41) is 18.3. The average molecular weight is 353 g/mol. The molecule has 1 atom stereocenters. The Bertz CT molecular complexity index is 1110. The van der Waals surface area contributed by atoms with Crippen molar-refractivity contribution in [2.75, 3.05) is 5.32 Å². The molecule has 4 aromatic rings. The van der Waals surface area contributed by atoms with E-state index >= 15 is 0 Å². The summed E-state index contributed by atoms with van der Waals surface area (Å²) in [4.78, 5) is 4.37. The van der Waals surface area contributed by atoms with Crippen molar-refractivity contribution < 1.29 is 0 Å². The number of nitrogens with zero attached hydrogens (tertiary/aromatic N) is 4. The molecule has 5 nitrogen and oxygen atoms in total. The molecule has 1 unspecified atom stereocenters. The molecule has 4 rings (SSSR count). The van der Waals surface area contributed by atoms with E-state index in [1.807, 2.05) is 53.3 Å². The zero-order valence-electron chi connectivity index (χ0n) is 15.0. The number of benzene rings is 2. The molecule has 2 aromatic heterocycles. The van der Waals surface area contributed by atoms with Crippen molar-refractivity contribution in [1.29, 1.82) is 5.26 Å². The predicted molar refractivity (Wildman–Crippen MR) is 106 cm³/mol. The summed E-state index contributed by atoms with van der Waals surface area (Å²) in [6.45, 7) is 2.83.